The first-order valence-corrected chi connectivity index (χ1v) is 8.70. The first kappa shape index (κ1) is 17.0. The maximum atomic E-state index is 5.32. The summed E-state index contributed by atoms with van der Waals surface area (Å²) in [5, 5.41) is 14.5. The Morgan fingerprint density at radius 1 is 1.07 bits per heavy atom. The van der Waals surface area contributed by atoms with Gasteiger partial charge in [0.25, 0.3) is 0 Å². The fourth-order valence-electron chi connectivity index (χ4n) is 2.69. The second-order valence-corrected chi connectivity index (χ2v) is 6.10. The van der Waals surface area contributed by atoms with Crippen molar-refractivity contribution in [2.75, 3.05) is 6.54 Å². The van der Waals surface area contributed by atoms with Crippen molar-refractivity contribution in [3.8, 4) is 22.8 Å². The van der Waals surface area contributed by atoms with Crippen molar-refractivity contribution in [3.63, 3.8) is 0 Å². The summed E-state index contributed by atoms with van der Waals surface area (Å²) in [6, 6.07) is 11.8. The van der Waals surface area contributed by atoms with Gasteiger partial charge in [0.2, 0.25) is 11.7 Å². The van der Waals surface area contributed by atoms with Crippen LogP contribution in [0, 0.1) is 6.92 Å². The van der Waals surface area contributed by atoms with Gasteiger partial charge in [0.05, 0.1) is 6.54 Å². The van der Waals surface area contributed by atoms with Gasteiger partial charge in [0, 0.05) is 36.5 Å². The molecule has 4 rings (SSSR count). The highest BCUT2D eigenvalue weighted by molar-refractivity contribution is 5.58. The average molecular weight is 361 g/mol. The van der Waals surface area contributed by atoms with Gasteiger partial charge >= 0.3 is 0 Å². The Kier molecular flexibility index (Phi) is 4.97. The molecule has 8 heteroatoms. The van der Waals surface area contributed by atoms with Gasteiger partial charge in [-0.2, -0.15) is 10.1 Å². The number of nitrogens with one attached hydrogen (secondary N) is 2. The highest BCUT2D eigenvalue weighted by Gasteiger charge is 2.10. The van der Waals surface area contributed by atoms with Crippen LogP contribution in [-0.4, -0.2) is 36.9 Å². The average Bonchev–Trinajstić information content (AvgIpc) is 3.36. The van der Waals surface area contributed by atoms with Crippen molar-refractivity contribution in [1.29, 1.82) is 0 Å². The van der Waals surface area contributed by atoms with Gasteiger partial charge in [0.1, 0.15) is 5.82 Å². The Morgan fingerprint density at radius 3 is 2.85 bits per heavy atom. The minimum atomic E-state index is 0.502. The molecule has 0 radical (unpaired) electrons. The Morgan fingerprint density at radius 2 is 2.00 bits per heavy atom. The smallest absolute Gasteiger partial charge is 0.240 e. The van der Waals surface area contributed by atoms with Crippen LogP contribution in [0.5, 0.6) is 0 Å². The second-order valence-electron chi connectivity index (χ2n) is 6.10. The number of aromatic nitrogens is 6. The molecule has 0 atom stereocenters. The Labute approximate surface area is 156 Å². The molecule has 1 aromatic carbocycles. The molecule has 0 saturated heterocycles. The van der Waals surface area contributed by atoms with Crippen LogP contribution >= 0.6 is 0 Å². The van der Waals surface area contributed by atoms with Crippen LogP contribution in [-0.2, 0) is 13.0 Å². The Balaban J connectivity index is 1.29. The van der Waals surface area contributed by atoms with Crippen molar-refractivity contribution in [2.24, 2.45) is 0 Å². The molecule has 8 nitrogen and oxygen atoms in total. The molecule has 0 bridgehead atoms. The molecule has 4 aromatic rings. The quantitative estimate of drug-likeness (QED) is 0.487. The maximum Gasteiger partial charge on any atom is 0.240 e. The van der Waals surface area contributed by atoms with Gasteiger partial charge in [0.15, 0.2) is 5.82 Å². The molecular formula is C19H19N7O. The SMILES string of the molecule is Cc1ccccc1-c1noc(CNCCc2nc(-c3cccnc3)n[nH]2)n1. The van der Waals surface area contributed by atoms with E-state index >= 15 is 0 Å². The zero-order valence-electron chi connectivity index (χ0n) is 14.9. The van der Waals surface area contributed by atoms with E-state index in [4.69, 9.17) is 4.52 Å². The van der Waals surface area contributed by atoms with E-state index in [-0.39, 0.29) is 0 Å². The topological polar surface area (TPSA) is 105 Å². The lowest BCUT2D eigenvalue weighted by Crippen LogP contribution is -2.17. The summed E-state index contributed by atoms with van der Waals surface area (Å²) in [4.78, 5) is 13.0. The first-order valence-electron chi connectivity index (χ1n) is 8.70. The van der Waals surface area contributed by atoms with Gasteiger partial charge in [-0.3, -0.25) is 10.1 Å². The van der Waals surface area contributed by atoms with Crippen LogP contribution in [0.3, 0.4) is 0 Å². The highest BCUT2D eigenvalue weighted by atomic mass is 16.5. The van der Waals surface area contributed by atoms with Crippen LogP contribution in [0.2, 0.25) is 0 Å². The summed E-state index contributed by atoms with van der Waals surface area (Å²) in [6.45, 7) is 3.24. The molecular weight excluding hydrogens is 342 g/mol. The van der Waals surface area contributed by atoms with E-state index in [9.17, 15) is 0 Å². The number of aromatic amines is 1. The Hall–Kier alpha value is -3.39. The van der Waals surface area contributed by atoms with Crippen LogP contribution in [0.1, 0.15) is 17.3 Å². The van der Waals surface area contributed by atoms with Crippen molar-refractivity contribution in [1.82, 2.24) is 35.6 Å². The molecule has 2 N–H and O–H groups in total. The van der Waals surface area contributed by atoms with E-state index in [1.54, 1.807) is 12.4 Å². The summed E-state index contributed by atoms with van der Waals surface area (Å²) >= 11 is 0. The van der Waals surface area contributed by atoms with Crippen LogP contribution < -0.4 is 5.32 Å². The number of H-pyrrole nitrogens is 1. The van der Waals surface area contributed by atoms with Gasteiger partial charge < -0.3 is 9.84 Å². The third-order valence-corrected chi connectivity index (χ3v) is 4.12. The molecule has 0 fully saturated rings. The van der Waals surface area contributed by atoms with Gasteiger partial charge in [-0.25, -0.2) is 4.98 Å². The summed E-state index contributed by atoms with van der Waals surface area (Å²) in [5.41, 5.74) is 2.99. The van der Waals surface area contributed by atoms with Crippen LogP contribution in [0.15, 0.2) is 53.3 Å². The molecule has 0 spiro atoms. The molecule has 3 heterocycles. The van der Waals surface area contributed by atoms with E-state index in [2.05, 4.69) is 35.6 Å². The summed E-state index contributed by atoms with van der Waals surface area (Å²) in [5.74, 6) is 2.63. The fraction of sp³-hybridized carbons (Fsp3) is 0.211. The largest absolute Gasteiger partial charge is 0.338 e. The predicted octanol–water partition coefficient (Wildman–Crippen LogP) is 2.56. The molecule has 0 aliphatic carbocycles. The monoisotopic (exact) mass is 361 g/mol. The Bertz CT molecular complexity index is 1010. The van der Waals surface area contributed by atoms with E-state index in [1.165, 1.54) is 0 Å². The van der Waals surface area contributed by atoms with E-state index in [0.717, 1.165) is 22.5 Å². The molecule has 0 unspecified atom stereocenters. The highest BCUT2D eigenvalue weighted by Crippen LogP contribution is 2.19. The van der Waals surface area contributed by atoms with Crippen molar-refractivity contribution < 1.29 is 4.52 Å². The molecule has 0 aliphatic heterocycles. The molecule has 0 aliphatic rings. The zero-order chi connectivity index (χ0) is 18.5. The second kappa shape index (κ2) is 7.88. The third-order valence-electron chi connectivity index (χ3n) is 4.12. The van der Waals surface area contributed by atoms with Crippen LogP contribution in [0.4, 0.5) is 0 Å². The first-order chi connectivity index (χ1) is 13.3. The number of rotatable bonds is 7. The lowest BCUT2D eigenvalue weighted by atomic mass is 10.1. The number of aryl methyl sites for hydroxylation is 1. The normalized spacial score (nSPS) is 11.0. The number of nitrogens with zero attached hydrogens (tertiary/aromatic N) is 5. The van der Waals surface area contributed by atoms with E-state index in [1.807, 2.05) is 43.3 Å². The molecule has 27 heavy (non-hydrogen) atoms. The van der Waals surface area contributed by atoms with Crippen molar-refractivity contribution in [3.05, 3.63) is 66.1 Å². The molecule has 0 saturated carbocycles. The number of pyridine rings is 1. The number of benzene rings is 1. The van der Waals surface area contributed by atoms with Crippen LogP contribution in [0.25, 0.3) is 22.8 Å². The summed E-state index contributed by atoms with van der Waals surface area (Å²) < 4.78 is 5.32. The van der Waals surface area contributed by atoms with Gasteiger partial charge in [-0.05, 0) is 24.6 Å². The van der Waals surface area contributed by atoms with Gasteiger partial charge in [-0.1, -0.05) is 29.4 Å². The fourth-order valence-corrected chi connectivity index (χ4v) is 2.69. The van der Waals surface area contributed by atoms with Crippen molar-refractivity contribution in [2.45, 2.75) is 19.9 Å². The summed E-state index contributed by atoms with van der Waals surface area (Å²) in [7, 11) is 0. The minimum absolute atomic E-state index is 0.502. The predicted molar refractivity (Wildman–Crippen MR) is 99.5 cm³/mol. The maximum absolute atomic E-state index is 5.32. The number of hydrogen-bond acceptors (Lipinski definition) is 7. The third kappa shape index (κ3) is 4.06. The molecule has 0 amide bonds. The van der Waals surface area contributed by atoms with E-state index < -0.39 is 0 Å². The number of hydrogen-bond donors (Lipinski definition) is 2. The zero-order valence-corrected chi connectivity index (χ0v) is 14.9. The molecule has 136 valence electrons. The molecule has 3 aromatic heterocycles. The lowest BCUT2D eigenvalue weighted by Gasteiger charge is -1.99. The van der Waals surface area contributed by atoms with Gasteiger partial charge in [-0.15, -0.1) is 0 Å². The summed E-state index contributed by atoms with van der Waals surface area (Å²) in [6.07, 6.45) is 4.18. The lowest BCUT2D eigenvalue weighted by molar-refractivity contribution is 0.368. The standard InChI is InChI=1S/C19H19N7O/c1-13-5-2-3-7-15(13)19-23-17(27-26-19)12-21-10-8-16-22-18(25-24-16)14-6-4-9-20-11-14/h2-7,9,11,21H,8,10,12H2,1H3,(H,22,24,25). The minimum Gasteiger partial charge on any atom is -0.338 e. The van der Waals surface area contributed by atoms with E-state index in [0.29, 0.717) is 37.0 Å². The van der Waals surface area contributed by atoms with Crippen molar-refractivity contribution >= 4 is 0 Å².